The van der Waals surface area contributed by atoms with Crippen LogP contribution < -0.4 is 26.8 Å². The van der Waals surface area contributed by atoms with Crippen LogP contribution in [0.25, 0.3) is 14.5 Å². The average molecular weight is 800 g/mol. The summed E-state index contributed by atoms with van der Waals surface area (Å²) in [5, 5.41) is 18.5. The lowest BCUT2D eigenvalue weighted by Gasteiger charge is -2.33. The number of rotatable bonds is 4. The van der Waals surface area contributed by atoms with Crippen molar-refractivity contribution in [3.05, 3.63) is 69.9 Å². The average Bonchev–Trinajstić information content (AvgIpc) is 4.08. The Kier molecular flexibility index (Phi) is 11.7. The van der Waals surface area contributed by atoms with Gasteiger partial charge in [0, 0.05) is 38.1 Å². The maximum atomic E-state index is 9.41. The molecule has 24 heteroatoms. The SMILES string of the molecule is [C-]#[N+]c1nc(C(O)C(C)O)cnc1N.[C-]#[N+]c1nc(C2O[B-]3(OC[C@@H]4CCC[NH+]43)O[C@@H]2C)cnc1N.[C-]#[N+]c1nc([C@H]2O[B-]3(OC[C@@H]4CCC[NH+]43)O[C@H]2C)cnc1N. The third-order valence-corrected chi connectivity index (χ3v) is 11.4. The predicted molar refractivity (Wildman–Crippen MR) is 205 cm³/mol. The number of aliphatic hydroxyl groups excluding tert-OH is 2. The smallest absolute Gasteiger partial charge is 0.481 e. The van der Waals surface area contributed by atoms with Gasteiger partial charge in [-0.1, -0.05) is 19.7 Å². The Labute approximate surface area is 334 Å². The Bertz CT molecular complexity index is 2030. The molecule has 58 heavy (non-hydrogen) atoms. The maximum Gasteiger partial charge on any atom is 0.624 e. The van der Waals surface area contributed by atoms with E-state index in [0.29, 0.717) is 36.7 Å². The van der Waals surface area contributed by atoms with Gasteiger partial charge >= 0.3 is 31.2 Å². The van der Waals surface area contributed by atoms with Gasteiger partial charge in [-0.2, -0.15) is 0 Å². The van der Waals surface area contributed by atoms with Crippen molar-refractivity contribution in [1.29, 1.82) is 0 Å². The van der Waals surface area contributed by atoms with Crippen LogP contribution in [0, 0.1) is 19.7 Å². The van der Waals surface area contributed by atoms with Crippen molar-refractivity contribution in [3.63, 3.8) is 0 Å². The van der Waals surface area contributed by atoms with Gasteiger partial charge in [0.15, 0.2) is 17.1 Å². The van der Waals surface area contributed by atoms with Gasteiger partial charge in [0.2, 0.25) is 0 Å². The predicted octanol–water partition coefficient (Wildman–Crippen LogP) is -0.778. The standard InChI is InChI=1S/2C13H18BN5O3.C8H10N4O2/c2*1-8-11(10-6-17-12(15)13(16-2)18-10)22-14(21-8)19-5-3-4-9(19)7-20-14;1-4(13)6(14)5-3-11-7(9)8(10-2)12-5/h2*6,8-9,11,19H,3-5,7H2,1H3,(H2,15,17);3-4,6,13-14H,1H3,(H2,9,11)/t8-,9+,11?,14?;8-,9-,11-,14?;/m10./s1. The topological polar surface area (TPSA) is 273 Å². The van der Waals surface area contributed by atoms with Gasteiger partial charge in [0.25, 0.3) is 0 Å². The molecule has 6 fully saturated rings. The number of hydrogen-bond acceptors (Lipinski definition) is 17. The number of nitrogen functional groups attached to an aromatic ring is 3. The van der Waals surface area contributed by atoms with Crippen molar-refractivity contribution in [2.24, 2.45) is 0 Å². The third-order valence-electron chi connectivity index (χ3n) is 11.4. The van der Waals surface area contributed by atoms with E-state index in [1.165, 1.54) is 35.6 Å². The molecule has 10 N–H and O–H groups in total. The molecular formula is C34H46B2N14O8. The highest BCUT2D eigenvalue weighted by Gasteiger charge is 2.63. The molecule has 3 aromatic heterocycles. The van der Waals surface area contributed by atoms with Crippen molar-refractivity contribution >= 4 is 48.7 Å². The largest absolute Gasteiger partial charge is 0.624 e. The number of aromatic nitrogens is 6. The van der Waals surface area contributed by atoms with E-state index in [1.54, 1.807) is 12.4 Å². The molecule has 0 radical (unpaired) electrons. The molecule has 0 aromatic carbocycles. The highest BCUT2D eigenvalue weighted by molar-refractivity contribution is 6.53. The molecule has 12 atom stereocenters. The van der Waals surface area contributed by atoms with E-state index in [1.807, 2.05) is 13.8 Å². The fraction of sp³-hybridized carbons (Fsp3) is 0.559. The van der Waals surface area contributed by atoms with E-state index >= 15 is 0 Å². The van der Waals surface area contributed by atoms with E-state index in [0.717, 1.165) is 25.9 Å². The molecule has 3 aromatic rings. The highest BCUT2D eigenvalue weighted by Crippen LogP contribution is 2.38. The second-order valence-electron chi connectivity index (χ2n) is 15.1. The number of nitrogens with one attached hydrogen (secondary N) is 2. The molecule has 9 heterocycles. The first kappa shape index (κ1) is 41.0. The summed E-state index contributed by atoms with van der Waals surface area (Å²) in [4.78, 5) is 36.2. The zero-order valence-corrected chi connectivity index (χ0v) is 32.3. The summed E-state index contributed by atoms with van der Waals surface area (Å²) in [5.74, 6) is 0.408. The quantitative estimate of drug-likeness (QED) is 0.126. The molecule has 0 saturated carbocycles. The van der Waals surface area contributed by atoms with Crippen LogP contribution in [0.15, 0.2) is 18.6 Å². The lowest BCUT2D eigenvalue weighted by molar-refractivity contribution is -0.820. The number of anilines is 3. The van der Waals surface area contributed by atoms with E-state index < -0.39 is 26.0 Å². The first-order chi connectivity index (χ1) is 27.8. The number of nitrogens with two attached hydrogens (primary N) is 3. The lowest BCUT2D eigenvalue weighted by Crippen LogP contribution is -3.22. The molecule has 2 spiro atoms. The summed E-state index contributed by atoms with van der Waals surface area (Å²) in [7, 11) is 0. The van der Waals surface area contributed by atoms with Gasteiger partial charge < -0.3 is 79.5 Å². The van der Waals surface area contributed by atoms with Crippen LogP contribution in [-0.2, 0) is 27.9 Å². The molecule has 0 aliphatic carbocycles. The number of fused-ring (bicyclic) bond motifs is 4. The lowest BCUT2D eigenvalue weighted by atomic mass is 9.95. The fourth-order valence-corrected chi connectivity index (χ4v) is 8.52. The van der Waals surface area contributed by atoms with Gasteiger partial charge in [-0.25, -0.2) is 15.0 Å². The van der Waals surface area contributed by atoms with E-state index in [2.05, 4.69) is 44.4 Å². The van der Waals surface area contributed by atoms with Crippen LogP contribution in [0.2, 0.25) is 0 Å². The van der Waals surface area contributed by atoms with Crippen molar-refractivity contribution in [2.45, 2.75) is 95.2 Å². The molecule has 0 bridgehead atoms. The van der Waals surface area contributed by atoms with Gasteiger partial charge in [-0.05, 0) is 33.6 Å². The molecular weight excluding hydrogens is 754 g/mol. The first-order valence-electron chi connectivity index (χ1n) is 19.2. The molecule has 306 valence electrons. The van der Waals surface area contributed by atoms with Crippen molar-refractivity contribution in [1.82, 2.24) is 29.9 Å². The number of aliphatic hydroxyl groups is 2. The minimum Gasteiger partial charge on any atom is -0.481 e. The van der Waals surface area contributed by atoms with Gasteiger partial charge in [-0.15, -0.1) is 15.0 Å². The summed E-state index contributed by atoms with van der Waals surface area (Å²) in [6.07, 6.45) is 5.67. The van der Waals surface area contributed by atoms with Crippen LogP contribution in [0.4, 0.5) is 34.9 Å². The van der Waals surface area contributed by atoms with Crippen LogP contribution in [0.1, 0.15) is 81.8 Å². The zero-order chi connectivity index (χ0) is 41.4. The maximum absolute atomic E-state index is 9.41. The molecule has 6 aliphatic heterocycles. The van der Waals surface area contributed by atoms with Crippen molar-refractivity contribution < 1.29 is 47.8 Å². The first-order valence-corrected chi connectivity index (χ1v) is 19.2. The minimum atomic E-state index is -1.79. The Balaban J connectivity index is 0.000000137. The van der Waals surface area contributed by atoms with Crippen LogP contribution in [0.5, 0.6) is 0 Å². The summed E-state index contributed by atoms with van der Waals surface area (Å²) < 4.78 is 36.4. The summed E-state index contributed by atoms with van der Waals surface area (Å²) in [5.41, 5.74) is 17.9. The Morgan fingerprint density at radius 1 is 0.690 bits per heavy atom. The van der Waals surface area contributed by atoms with Crippen LogP contribution in [0.3, 0.4) is 0 Å². The Hall–Kier alpha value is -5.16. The molecule has 7 unspecified atom stereocenters. The second kappa shape index (κ2) is 16.6. The highest BCUT2D eigenvalue weighted by atomic mass is 16.8. The van der Waals surface area contributed by atoms with Gasteiger partial charge in [-0.3, -0.25) is 0 Å². The summed E-state index contributed by atoms with van der Waals surface area (Å²) in [6, 6.07) is 0.921. The monoisotopic (exact) mass is 800 g/mol. The third kappa shape index (κ3) is 7.73. The molecule has 22 nitrogen and oxygen atoms in total. The van der Waals surface area contributed by atoms with Gasteiger partial charge in [0.1, 0.15) is 35.8 Å². The minimum absolute atomic E-state index is 0.0153. The van der Waals surface area contributed by atoms with Crippen molar-refractivity contribution in [3.8, 4) is 0 Å². The number of quaternary nitrogens is 2. The van der Waals surface area contributed by atoms with Crippen LogP contribution in [-0.4, -0.2) is 111 Å². The summed E-state index contributed by atoms with van der Waals surface area (Å²) >= 11 is 0. The second-order valence-corrected chi connectivity index (χ2v) is 15.1. The number of hydrogen-bond donors (Lipinski definition) is 7. The zero-order valence-electron chi connectivity index (χ0n) is 32.3. The Morgan fingerprint density at radius 3 is 1.52 bits per heavy atom. The van der Waals surface area contributed by atoms with Gasteiger partial charge in [0.05, 0.1) is 50.0 Å². The number of nitrogens with zero attached hydrogens (tertiary/aromatic N) is 9. The normalized spacial score (nSPS) is 33.8. The molecule has 0 amide bonds. The fourth-order valence-electron chi connectivity index (χ4n) is 8.52. The van der Waals surface area contributed by atoms with Crippen molar-refractivity contribution in [2.75, 3.05) is 43.5 Å². The molecule has 9 rings (SSSR count). The molecule has 6 aliphatic rings. The van der Waals surface area contributed by atoms with E-state index in [-0.39, 0.29) is 65.0 Å². The summed E-state index contributed by atoms with van der Waals surface area (Å²) in [6.45, 7) is 26.0. The Morgan fingerprint density at radius 2 is 1.10 bits per heavy atom. The van der Waals surface area contributed by atoms with Crippen LogP contribution >= 0.6 is 0 Å². The van der Waals surface area contributed by atoms with E-state index in [9.17, 15) is 5.11 Å². The molecule has 6 saturated heterocycles. The van der Waals surface area contributed by atoms with E-state index in [4.69, 9.17) is 70.0 Å².